The second-order valence-electron chi connectivity index (χ2n) is 0.895. The quantitative estimate of drug-likeness (QED) is 0.0872. The van der Waals surface area contributed by atoms with Gasteiger partial charge in [-0.3, -0.25) is 0 Å². The van der Waals surface area contributed by atoms with Crippen molar-refractivity contribution < 1.29 is 0 Å². The first-order valence-corrected chi connectivity index (χ1v) is 1.51. The van der Waals surface area contributed by atoms with Crippen LogP contribution in [-0.4, -0.2) is 19.5 Å². The van der Waals surface area contributed by atoms with E-state index in [9.17, 15) is 0 Å². The number of rotatable bonds is 0. The SMILES string of the molecule is NN=C(N)N(N)N.[B]. The van der Waals surface area contributed by atoms with Crippen molar-refractivity contribution in [1.82, 2.24) is 5.12 Å². The Morgan fingerprint density at radius 3 is 1.75 bits per heavy atom. The first kappa shape index (κ1) is 10.1. The maximum Gasteiger partial charge on any atom is 0.242 e. The monoisotopic (exact) mass is 115 g/mol. The highest BCUT2D eigenvalue weighted by Gasteiger charge is 1.88. The standard InChI is InChI=1S/CH8N6.B/c2-1(6-3)7(4)5;/h3-5H2,(H2,2,6);. The molecule has 0 unspecified atom stereocenters. The van der Waals surface area contributed by atoms with Gasteiger partial charge in [0.25, 0.3) is 0 Å². The molecule has 0 aromatic rings. The lowest BCUT2D eigenvalue weighted by atomic mass is 10.8. The van der Waals surface area contributed by atoms with Gasteiger partial charge in [0.05, 0.1) is 0 Å². The van der Waals surface area contributed by atoms with Gasteiger partial charge >= 0.3 is 0 Å². The zero-order chi connectivity index (χ0) is 5.86. The Morgan fingerprint density at radius 2 is 1.75 bits per heavy atom. The molecule has 0 rings (SSSR count). The van der Waals surface area contributed by atoms with Gasteiger partial charge in [0.2, 0.25) is 5.96 Å². The van der Waals surface area contributed by atoms with Crippen LogP contribution in [0.5, 0.6) is 0 Å². The summed E-state index contributed by atoms with van der Waals surface area (Å²) in [5, 5.41) is 3.58. The van der Waals surface area contributed by atoms with Gasteiger partial charge in [-0.15, -0.1) is 5.10 Å². The normalized spacial score (nSPS) is 10.0. The molecule has 0 aromatic heterocycles. The maximum absolute atomic E-state index is 4.92. The molecular weight excluding hydrogens is 107 g/mol. The molecule has 0 heterocycles. The Labute approximate surface area is 49.0 Å². The molecule has 7 heteroatoms. The number of hydrazone groups is 1. The summed E-state index contributed by atoms with van der Waals surface area (Å²) < 4.78 is 0. The molecule has 6 nitrogen and oxygen atoms in total. The molecule has 3 radical (unpaired) electrons. The minimum atomic E-state index is -0.111. The zero-order valence-electron chi connectivity index (χ0n) is 4.28. The number of nitrogens with zero attached hydrogens (tertiary/aromatic N) is 2. The van der Waals surface area contributed by atoms with Crippen LogP contribution >= 0.6 is 0 Å². The molecule has 0 saturated heterocycles. The lowest BCUT2D eigenvalue weighted by molar-refractivity contribution is 0.457. The summed E-state index contributed by atoms with van der Waals surface area (Å²) in [5.74, 6) is 14.2. The Hall–Kier alpha value is -0.945. The summed E-state index contributed by atoms with van der Waals surface area (Å²) in [6.45, 7) is 0. The molecule has 8 heavy (non-hydrogen) atoms. The number of hydrogen-bond acceptors (Lipinski definition) is 4. The van der Waals surface area contributed by atoms with Gasteiger partial charge in [0.1, 0.15) is 0 Å². The van der Waals surface area contributed by atoms with E-state index in [0.717, 1.165) is 0 Å². The molecule has 0 amide bonds. The van der Waals surface area contributed by atoms with E-state index >= 15 is 0 Å². The van der Waals surface area contributed by atoms with Crippen LogP contribution in [0, 0.1) is 0 Å². The fourth-order valence-electron chi connectivity index (χ4n) is 0.0667. The predicted molar refractivity (Wildman–Crippen MR) is 31.8 cm³/mol. The van der Waals surface area contributed by atoms with Crippen molar-refractivity contribution in [1.29, 1.82) is 0 Å². The zero-order valence-corrected chi connectivity index (χ0v) is 4.28. The fraction of sp³-hybridized carbons (Fsp3) is 0. The van der Waals surface area contributed by atoms with Crippen LogP contribution < -0.4 is 23.3 Å². The Balaban J connectivity index is 0. The Bertz CT molecular complexity index is 76.6. The summed E-state index contributed by atoms with van der Waals surface area (Å²) in [7, 11) is 0. The number of hydrazine groups is 2. The van der Waals surface area contributed by atoms with E-state index in [-0.39, 0.29) is 14.4 Å². The summed E-state index contributed by atoms with van der Waals surface area (Å²) in [6, 6.07) is 0. The maximum atomic E-state index is 4.92. The molecule has 0 saturated carbocycles. The highest BCUT2D eigenvalue weighted by molar-refractivity contribution is 5.76. The molecule has 0 aromatic carbocycles. The smallest absolute Gasteiger partial charge is 0.242 e. The van der Waals surface area contributed by atoms with Gasteiger partial charge in [-0.2, -0.15) is 0 Å². The largest absolute Gasteiger partial charge is 0.366 e. The van der Waals surface area contributed by atoms with Gasteiger partial charge in [-0.1, -0.05) is 0 Å². The molecule has 0 bridgehead atoms. The van der Waals surface area contributed by atoms with E-state index in [1.54, 1.807) is 0 Å². The molecule has 0 aliphatic rings. The van der Waals surface area contributed by atoms with E-state index in [0.29, 0.717) is 5.12 Å². The van der Waals surface area contributed by atoms with E-state index in [4.69, 9.17) is 17.4 Å². The van der Waals surface area contributed by atoms with Crippen molar-refractivity contribution in [2.24, 2.45) is 28.4 Å². The van der Waals surface area contributed by atoms with Crippen molar-refractivity contribution in [2.45, 2.75) is 0 Å². The first-order valence-electron chi connectivity index (χ1n) is 1.51. The third kappa shape index (κ3) is 3.25. The number of hydrogen-bond donors (Lipinski definition) is 4. The van der Waals surface area contributed by atoms with Crippen molar-refractivity contribution in [3.8, 4) is 0 Å². The molecule has 0 fully saturated rings. The molecule has 8 N–H and O–H groups in total. The van der Waals surface area contributed by atoms with Gasteiger partial charge < -0.3 is 11.6 Å². The predicted octanol–water partition coefficient (Wildman–Crippen LogP) is -3.16. The van der Waals surface area contributed by atoms with Crippen molar-refractivity contribution in [3.63, 3.8) is 0 Å². The molecule has 0 aliphatic heterocycles. The van der Waals surface area contributed by atoms with Gasteiger partial charge in [-0.25, -0.2) is 16.8 Å². The lowest BCUT2D eigenvalue weighted by Gasteiger charge is -2.06. The summed E-state index contributed by atoms with van der Waals surface area (Å²) in [4.78, 5) is 0. The average Bonchev–Trinajstić information content (AvgIpc) is 1.65. The van der Waals surface area contributed by atoms with E-state index in [1.807, 2.05) is 0 Å². The van der Waals surface area contributed by atoms with Crippen molar-refractivity contribution in [2.75, 3.05) is 0 Å². The van der Waals surface area contributed by atoms with Gasteiger partial charge in [0.15, 0.2) is 0 Å². The van der Waals surface area contributed by atoms with E-state index in [2.05, 4.69) is 10.9 Å². The van der Waals surface area contributed by atoms with Crippen molar-refractivity contribution in [3.05, 3.63) is 0 Å². The van der Waals surface area contributed by atoms with Crippen LogP contribution in [-0.2, 0) is 0 Å². The van der Waals surface area contributed by atoms with Crippen LogP contribution in [0.3, 0.4) is 0 Å². The molecule has 45 valence electrons. The Kier molecular flexibility index (Phi) is 5.34. The second kappa shape index (κ2) is 4.22. The van der Waals surface area contributed by atoms with Crippen LogP contribution in [0.15, 0.2) is 5.10 Å². The molecular formula is CH8BN6. The van der Waals surface area contributed by atoms with Gasteiger partial charge in [-0.05, 0) is 0 Å². The van der Waals surface area contributed by atoms with Crippen molar-refractivity contribution >= 4 is 14.4 Å². The van der Waals surface area contributed by atoms with Crippen LogP contribution in [0.1, 0.15) is 0 Å². The highest BCUT2D eigenvalue weighted by atomic mass is 15.6. The summed E-state index contributed by atoms with van der Waals surface area (Å²) >= 11 is 0. The second-order valence-corrected chi connectivity index (χ2v) is 0.895. The third-order valence-corrected chi connectivity index (χ3v) is 0.397. The van der Waals surface area contributed by atoms with E-state index < -0.39 is 0 Å². The first-order chi connectivity index (χ1) is 3.18. The minimum Gasteiger partial charge on any atom is -0.366 e. The Morgan fingerprint density at radius 1 is 1.38 bits per heavy atom. The number of nitrogens with two attached hydrogens (primary N) is 4. The highest BCUT2D eigenvalue weighted by Crippen LogP contribution is 1.55. The molecule has 0 atom stereocenters. The third-order valence-electron chi connectivity index (χ3n) is 0.397. The van der Waals surface area contributed by atoms with E-state index in [1.165, 1.54) is 0 Å². The van der Waals surface area contributed by atoms with Crippen LogP contribution in [0.4, 0.5) is 0 Å². The summed E-state index contributed by atoms with van der Waals surface area (Å²) in [6.07, 6.45) is 0. The topological polar surface area (TPSA) is 120 Å². The van der Waals surface area contributed by atoms with Gasteiger partial charge in [0, 0.05) is 8.41 Å². The van der Waals surface area contributed by atoms with Crippen LogP contribution in [0.2, 0.25) is 0 Å². The molecule has 0 aliphatic carbocycles. The summed E-state index contributed by atoms with van der Waals surface area (Å²) in [5.41, 5.74) is 4.92. The lowest BCUT2D eigenvalue weighted by Crippen LogP contribution is -2.48. The number of guanidine groups is 1. The average molecular weight is 115 g/mol. The molecule has 0 spiro atoms. The van der Waals surface area contributed by atoms with Crippen LogP contribution in [0.25, 0.3) is 0 Å². The minimum absolute atomic E-state index is 0. The fourth-order valence-corrected chi connectivity index (χ4v) is 0.0667.